The lowest BCUT2D eigenvalue weighted by Crippen LogP contribution is -2.15. The van der Waals surface area contributed by atoms with E-state index in [0.717, 1.165) is 18.7 Å². The highest BCUT2D eigenvalue weighted by Crippen LogP contribution is 2.40. The molecule has 2 heterocycles. The molecular formula is C17H20ClN3S. The number of fused-ring (bicyclic) bond motifs is 1. The van der Waals surface area contributed by atoms with Crippen LogP contribution in [0.2, 0.25) is 5.02 Å². The van der Waals surface area contributed by atoms with Crippen LogP contribution in [0.15, 0.2) is 30.5 Å². The maximum Gasteiger partial charge on any atom is 0.0821 e. The molecule has 0 radical (unpaired) electrons. The molecule has 2 aromatic heterocycles. The van der Waals surface area contributed by atoms with E-state index in [9.17, 15) is 0 Å². The van der Waals surface area contributed by atoms with Crippen LogP contribution in [0.25, 0.3) is 10.1 Å². The van der Waals surface area contributed by atoms with Gasteiger partial charge < -0.3 is 4.90 Å². The number of hydrogen-bond acceptors (Lipinski definition) is 3. The lowest BCUT2D eigenvalue weighted by molar-refractivity contribution is 0.414. The first-order valence-electron chi connectivity index (χ1n) is 7.41. The molecule has 0 aliphatic rings. The van der Waals surface area contributed by atoms with Gasteiger partial charge in [-0.3, -0.25) is 5.10 Å². The number of nitrogens with zero attached hydrogens (tertiary/aromatic N) is 2. The molecule has 116 valence electrons. The highest BCUT2D eigenvalue weighted by atomic mass is 35.5. The summed E-state index contributed by atoms with van der Waals surface area (Å²) in [4.78, 5) is 3.66. The van der Waals surface area contributed by atoms with Crippen LogP contribution in [-0.2, 0) is 6.42 Å². The van der Waals surface area contributed by atoms with Crippen molar-refractivity contribution in [3.05, 3.63) is 51.6 Å². The topological polar surface area (TPSA) is 31.9 Å². The number of halogens is 1. The first-order valence-corrected chi connectivity index (χ1v) is 8.61. The van der Waals surface area contributed by atoms with Crippen molar-refractivity contribution < 1.29 is 0 Å². The van der Waals surface area contributed by atoms with E-state index in [1.54, 1.807) is 6.20 Å². The van der Waals surface area contributed by atoms with Crippen LogP contribution in [0.5, 0.6) is 0 Å². The predicted molar refractivity (Wildman–Crippen MR) is 95.2 cm³/mol. The van der Waals surface area contributed by atoms with Crippen molar-refractivity contribution in [2.45, 2.75) is 19.3 Å². The van der Waals surface area contributed by atoms with Crippen LogP contribution in [0.1, 0.15) is 29.0 Å². The molecular weight excluding hydrogens is 314 g/mol. The molecule has 22 heavy (non-hydrogen) atoms. The average molecular weight is 334 g/mol. The maximum atomic E-state index is 6.28. The molecule has 0 amide bonds. The summed E-state index contributed by atoms with van der Waals surface area (Å²) >= 11 is 8.18. The SMILES string of the molecule is CC(c1[nH]ncc1Cl)c1c(CCN(C)C)sc2ccccc12. The minimum absolute atomic E-state index is 0.211. The zero-order valence-electron chi connectivity index (χ0n) is 13.1. The van der Waals surface area contributed by atoms with Crippen molar-refractivity contribution in [2.75, 3.05) is 20.6 Å². The van der Waals surface area contributed by atoms with E-state index >= 15 is 0 Å². The summed E-state index contributed by atoms with van der Waals surface area (Å²) in [5.41, 5.74) is 2.38. The summed E-state index contributed by atoms with van der Waals surface area (Å²) in [6, 6.07) is 8.62. The van der Waals surface area contributed by atoms with E-state index in [1.807, 2.05) is 11.3 Å². The Labute approximate surface area is 139 Å². The Hall–Kier alpha value is -1.36. The molecule has 3 rings (SSSR count). The van der Waals surface area contributed by atoms with Gasteiger partial charge in [0, 0.05) is 22.0 Å². The van der Waals surface area contributed by atoms with Crippen LogP contribution >= 0.6 is 22.9 Å². The smallest absolute Gasteiger partial charge is 0.0821 e. The van der Waals surface area contributed by atoms with Gasteiger partial charge in [0.15, 0.2) is 0 Å². The number of H-pyrrole nitrogens is 1. The molecule has 1 unspecified atom stereocenters. The second kappa shape index (κ2) is 6.41. The first kappa shape index (κ1) is 15.5. The quantitative estimate of drug-likeness (QED) is 0.743. The van der Waals surface area contributed by atoms with Gasteiger partial charge in [0.2, 0.25) is 0 Å². The van der Waals surface area contributed by atoms with Crippen LogP contribution < -0.4 is 0 Å². The number of aromatic nitrogens is 2. The Morgan fingerprint density at radius 2 is 2.09 bits per heavy atom. The fraction of sp³-hybridized carbons (Fsp3) is 0.353. The molecule has 1 N–H and O–H groups in total. The number of aromatic amines is 1. The normalized spacial score (nSPS) is 13.1. The third-order valence-electron chi connectivity index (χ3n) is 3.98. The molecule has 1 atom stereocenters. The molecule has 0 aliphatic carbocycles. The molecule has 3 nitrogen and oxygen atoms in total. The van der Waals surface area contributed by atoms with Crippen molar-refractivity contribution in [2.24, 2.45) is 0 Å². The van der Waals surface area contributed by atoms with Crippen molar-refractivity contribution in [3.8, 4) is 0 Å². The Kier molecular flexibility index (Phi) is 4.52. The van der Waals surface area contributed by atoms with Crippen molar-refractivity contribution in [1.29, 1.82) is 0 Å². The fourth-order valence-corrected chi connectivity index (χ4v) is 4.38. The van der Waals surface area contributed by atoms with Crippen LogP contribution in [0.4, 0.5) is 0 Å². The van der Waals surface area contributed by atoms with Gasteiger partial charge in [0.05, 0.1) is 16.9 Å². The van der Waals surface area contributed by atoms with Gasteiger partial charge >= 0.3 is 0 Å². The lowest BCUT2D eigenvalue weighted by Gasteiger charge is -2.14. The Morgan fingerprint density at radius 1 is 1.32 bits per heavy atom. The van der Waals surface area contributed by atoms with Crippen molar-refractivity contribution in [1.82, 2.24) is 15.1 Å². The van der Waals surface area contributed by atoms with Crippen LogP contribution in [0.3, 0.4) is 0 Å². The molecule has 0 spiro atoms. The second-order valence-corrected chi connectivity index (χ2v) is 7.39. The average Bonchev–Trinajstić information content (AvgIpc) is 3.07. The Morgan fingerprint density at radius 3 is 2.77 bits per heavy atom. The summed E-state index contributed by atoms with van der Waals surface area (Å²) in [7, 11) is 4.23. The Bertz CT molecular complexity index is 775. The molecule has 3 aromatic rings. The minimum Gasteiger partial charge on any atom is -0.309 e. The zero-order chi connectivity index (χ0) is 15.7. The van der Waals surface area contributed by atoms with E-state index in [4.69, 9.17) is 11.6 Å². The number of nitrogens with one attached hydrogen (secondary N) is 1. The standard InChI is InChI=1S/C17H20ClN3S/c1-11(17-13(18)10-19-20-17)16-12-6-4-5-7-14(12)22-15(16)8-9-21(2)3/h4-7,10-11H,8-9H2,1-3H3,(H,19,20). The fourth-order valence-electron chi connectivity index (χ4n) is 2.83. The van der Waals surface area contributed by atoms with E-state index in [-0.39, 0.29) is 5.92 Å². The summed E-state index contributed by atoms with van der Waals surface area (Å²) in [6.45, 7) is 3.25. The Balaban J connectivity index is 2.09. The number of hydrogen-bond donors (Lipinski definition) is 1. The summed E-state index contributed by atoms with van der Waals surface area (Å²) < 4.78 is 1.34. The van der Waals surface area contributed by atoms with Crippen molar-refractivity contribution >= 4 is 33.0 Å². The van der Waals surface area contributed by atoms with Gasteiger partial charge in [-0.2, -0.15) is 5.10 Å². The van der Waals surface area contributed by atoms with Gasteiger partial charge in [-0.05, 0) is 37.5 Å². The summed E-state index contributed by atoms with van der Waals surface area (Å²) in [5.74, 6) is 0.211. The highest BCUT2D eigenvalue weighted by Gasteiger charge is 2.21. The zero-order valence-corrected chi connectivity index (χ0v) is 14.6. The van der Waals surface area contributed by atoms with Gasteiger partial charge in [-0.15, -0.1) is 11.3 Å². The number of thiophene rings is 1. The number of rotatable bonds is 5. The molecule has 1 aromatic carbocycles. The van der Waals surface area contributed by atoms with E-state index in [1.165, 1.54) is 20.5 Å². The van der Waals surface area contributed by atoms with E-state index < -0.39 is 0 Å². The van der Waals surface area contributed by atoms with Gasteiger partial charge in [0.1, 0.15) is 0 Å². The molecule has 0 fully saturated rings. The maximum absolute atomic E-state index is 6.28. The number of likely N-dealkylation sites (N-methyl/N-ethyl adjacent to an activating group) is 1. The molecule has 0 aliphatic heterocycles. The third kappa shape index (κ3) is 2.91. The third-order valence-corrected chi connectivity index (χ3v) is 5.53. The molecule has 0 saturated carbocycles. The first-order chi connectivity index (χ1) is 10.6. The molecule has 0 bridgehead atoms. The predicted octanol–water partition coefficient (Wildman–Crippen LogP) is 4.53. The monoisotopic (exact) mass is 333 g/mol. The van der Waals surface area contributed by atoms with E-state index in [2.05, 4.69) is 60.4 Å². The lowest BCUT2D eigenvalue weighted by atomic mass is 9.94. The van der Waals surface area contributed by atoms with E-state index in [0.29, 0.717) is 5.02 Å². The van der Waals surface area contributed by atoms with Crippen LogP contribution in [-0.4, -0.2) is 35.7 Å². The summed E-state index contributed by atoms with van der Waals surface area (Å²) in [5, 5.41) is 9.18. The molecule has 0 saturated heterocycles. The number of benzene rings is 1. The van der Waals surface area contributed by atoms with Gasteiger partial charge in [-0.25, -0.2) is 0 Å². The summed E-state index contributed by atoms with van der Waals surface area (Å²) in [6.07, 6.45) is 2.74. The molecule has 5 heteroatoms. The van der Waals surface area contributed by atoms with Crippen molar-refractivity contribution in [3.63, 3.8) is 0 Å². The van der Waals surface area contributed by atoms with Crippen LogP contribution in [0, 0.1) is 0 Å². The largest absolute Gasteiger partial charge is 0.309 e. The second-order valence-electron chi connectivity index (χ2n) is 5.84. The van der Waals surface area contributed by atoms with Gasteiger partial charge in [-0.1, -0.05) is 36.7 Å². The minimum atomic E-state index is 0.211. The van der Waals surface area contributed by atoms with Gasteiger partial charge in [0.25, 0.3) is 0 Å². The highest BCUT2D eigenvalue weighted by molar-refractivity contribution is 7.19.